The second-order valence-corrected chi connectivity index (χ2v) is 6.48. The normalized spacial score (nSPS) is 16.0. The van der Waals surface area contributed by atoms with Crippen molar-refractivity contribution >= 4 is 5.91 Å². The van der Waals surface area contributed by atoms with Gasteiger partial charge in [0.05, 0.1) is 18.7 Å². The number of carbonyl (C=O) groups excluding carboxylic acids is 1. The zero-order chi connectivity index (χ0) is 17.8. The summed E-state index contributed by atoms with van der Waals surface area (Å²) in [6.45, 7) is 5.89. The van der Waals surface area contributed by atoms with Crippen LogP contribution in [0.2, 0.25) is 0 Å². The van der Waals surface area contributed by atoms with E-state index in [1.807, 2.05) is 36.7 Å². The number of amides is 1. The van der Waals surface area contributed by atoms with Crippen LogP contribution in [0.15, 0.2) is 24.3 Å². The standard InChI is InChI=1S/C19H25N3O3/c1-13-9-14(2)22(21-13)8-4-7-20-19(23)16-10-15-5-6-17(24-3)11-18(15)25-12-16/h5-6,9,11,16H,4,7-8,10,12H2,1-3H3,(H,20,23)/t16-/m0/s1. The fourth-order valence-electron chi connectivity index (χ4n) is 3.13. The predicted octanol–water partition coefficient (Wildman–Crippen LogP) is 2.27. The molecule has 1 aromatic carbocycles. The van der Waals surface area contributed by atoms with Gasteiger partial charge >= 0.3 is 0 Å². The number of ether oxygens (including phenoxy) is 2. The van der Waals surface area contributed by atoms with E-state index in [0.717, 1.165) is 41.4 Å². The third-order valence-corrected chi connectivity index (χ3v) is 4.50. The smallest absolute Gasteiger partial charge is 0.226 e. The van der Waals surface area contributed by atoms with Crippen LogP contribution in [0.5, 0.6) is 11.5 Å². The van der Waals surface area contributed by atoms with E-state index in [-0.39, 0.29) is 11.8 Å². The highest BCUT2D eigenvalue weighted by Gasteiger charge is 2.26. The van der Waals surface area contributed by atoms with Gasteiger partial charge in [-0.25, -0.2) is 0 Å². The van der Waals surface area contributed by atoms with Gasteiger partial charge in [-0.05, 0) is 44.4 Å². The molecule has 1 aliphatic heterocycles. The molecule has 1 amide bonds. The van der Waals surface area contributed by atoms with Crippen LogP contribution in [0.3, 0.4) is 0 Å². The van der Waals surface area contributed by atoms with E-state index < -0.39 is 0 Å². The fourth-order valence-corrected chi connectivity index (χ4v) is 3.13. The van der Waals surface area contributed by atoms with Crippen LogP contribution in [0, 0.1) is 19.8 Å². The number of methoxy groups -OCH3 is 1. The Morgan fingerprint density at radius 1 is 1.40 bits per heavy atom. The van der Waals surface area contributed by atoms with E-state index in [0.29, 0.717) is 19.6 Å². The van der Waals surface area contributed by atoms with Gasteiger partial charge in [-0.1, -0.05) is 6.07 Å². The summed E-state index contributed by atoms with van der Waals surface area (Å²) < 4.78 is 12.9. The van der Waals surface area contributed by atoms with Crippen LogP contribution in [0.4, 0.5) is 0 Å². The van der Waals surface area contributed by atoms with Crippen molar-refractivity contribution in [3.05, 3.63) is 41.2 Å². The average Bonchev–Trinajstić information content (AvgIpc) is 2.94. The highest BCUT2D eigenvalue weighted by atomic mass is 16.5. The number of hydrogen-bond donors (Lipinski definition) is 1. The Kier molecular flexibility index (Phi) is 5.26. The molecule has 1 aliphatic rings. The van der Waals surface area contributed by atoms with E-state index in [1.165, 1.54) is 0 Å². The number of fused-ring (bicyclic) bond motifs is 1. The summed E-state index contributed by atoms with van der Waals surface area (Å²) in [5.41, 5.74) is 3.22. The molecule has 0 aliphatic carbocycles. The van der Waals surface area contributed by atoms with Crippen molar-refractivity contribution in [3.8, 4) is 11.5 Å². The molecule has 2 aromatic rings. The Bertz CT molecular complexity index is 754. The molecule has 0 radical (unpaired) electrons. The number of aromatic nitrogens is 2. The number of aryl methyl sites for hydroxylation is 3. The van der Waals surface area contributed by atoms with Gasteiger partial charge in [0.15, 0.2) is 0 Å². The predicted molar refractivity (Wildman–Crippen MR) is 95.0 cm³/mol. The van der Waals surface area contributed by atoms with Crippen LogP contribution in [0.25, 0.3) is 0 Å². The summed E-state index contributed by atoms with van der Waals surface area (Å²) in [7, 11) is 1.63. The van der Waals surface area contributed by atoms with E-state index in [2.05, 4.69) is 16.5 Å². The number of benzene rings is 1. The van der Waals surface area contributed by atoms with Crippen molar-refractivity contribution in [2.45, 2.75) is 33.2 Å². The minimum Gasteiger partial charge on any atom is -0.497 e. The molecule has 1 N–H and O–H groups in total. The number of nitrogens with zero attached hydrogens (tertiary/aromatic N) is 2. The van der Waals surface area contributed by atoms with Crippen molar-refractivity contribution < 1.29 is 14.3 Å². The SMILES string of the molecule is COc1ccc2c(c1)OC[C@@H](C(=O)NCCCn1nc(C)cc1C)C2. The van der Waals surface area contributed by atoms with Crippen molar-refractivity contribution in [2.75, 3.05) is 20.3 Å². The first-order valence-electron chi connectivity index (χ1n) is 8.65. The third kappa shape index (κ3) is 4.13. The summed E-state index contributed by atoms with van der Waals surface area (Å²) in [6.07, 6.45) is 1.55. The first kappa shape index (κ1) is 17.3. The first-order chi connectivity index (χ1) is 12.1. The fraction of sp³-hybridized carbons (Fsp3) is 0.474. The Hall–Kier alpha value is -2.50. The van der Waals surface area contributed by atoms with Gasteiger partial charge in [0.2, 0.25) is 5.91 Å². The maximum atomic E-state index is 12.4. The Morgan fingerprint density at radius 3 is 2.96 bits per heavy atom. The first-order valence-corrected chi connectivity index (χ1v) is 8.65. The molecule has 3 rings (SSSR count). The molecule has 6 nitrogen and oxygen atoms in total. The molecule has 2 heterocycles. The summed E-state index contributed by atoms with van der Waals surface area (Å²) >= 11 is 0. The van der Waals surface area contributed by atoms with E-state index in [4.69, 9.17) is 9.47 Å². The highest BCUT2D eigenvalue weighted by Crippen LogP contribution is 2.31. The zero-order valence-corrected chi connectivity index (χ0v) is 15.0. The molecule has 0 unspecified atom stereocenters. The van der Waals surface area contributed by atoms with Crippen molar-refractivity contribution in [1.82, 2.24) is 15.1 Å². The molecule has 1 aromatic heterocycles. The van der Waals surface area contributed by atoms with Gasteiger partial charge in [-0.3, -0.25) is 9.48 Å². The summed E-state index contributed by atoms with van der Waals surface area (Å²) in [6, 6.07) is 7.80. The van der Waals surface area contributed by atoms with E-state index in [9.17, 15) is 4.79 Å². The van der Waals surface area contributed by atoms with E-state index >= 15 is 0 Å². The highest BCUT2D eigenvalue weighted by molar-refractivity contribution is 5.79. The lowest BCUT2D eigenvalue weighted by molar-refractivity contribution is -0.126. The largest absolute Gasteiger partial charge is 0.497 e. The Labute approximate surface area is 148 Å². The molecule has 25 heavy (non-hydrogen) atoms. The van der Waals surface area contributed by atoms with Crippen LogP contribution < -0.4 is 14.8 Å². The lowest BCUT2D eigenvalue weighted by Crippen LogP contribution is -2.38. The zero-order valence-electron chi connectivity index (χ0n) is 15.0. The monoisotopic (exact) mass is 343 g/mol. The summed E-state index contributed by atoms with van der Waals surface area (Å²) in [4.78, 5) is 12.4. The third-order valence-electron chi connectivity index (χ3n) is 4.50. The van der Waals surface area contributed by atoms with E-state index in [1.54, 1.807) is 7.11 Å². The minimum absolute atomic E-state index is 0.0508. The van der Waals surface area contributed by atoms with Crippen molar-refractivity contribution in [1.29, 1.82) is 0 Å². The topological polar surface area (TPSA) is 65.4 Å². The average molecular weight is 343 g/mol. The van der Waals surface area contributed by atoms with Crippen molar-refractivity contribution in [2.24, 2.45) is 5.92 Å². The summed E-state index contributed by atoms with van der Waals surface area (Å²) in [5.74, 6) is 1.49. The van der Waals surface area contributed by atoms with Gasteiger partial charge in [0.1, 0.15) is 18.1 Å². The van der Waals surface area contributed by atoms with Gasteiger partial charge in [-0.15, -0.1) is 0 Å². The second kappa shape index (κ2) is 7.59. The Morgan fingerprint density at radius 2 is 2.24 bits per heavy atom. The van der Waals surface area contributed by atoms with Crippen LogP contribution in [0.1, 0.15) is 23.4 Å². The molecule has 0 saturated heterocycles. The molecule has 0 saturated carbocycles. The molecule has 0 bridgehead atoms. The van der Waals surface area contributed by atoms with Gasteiger partial charge in [0.25, 0.3) is 0 Å². The van der Waals surface area contributed by atoms with Crippen LogP contribution >= 0.6 is 0 Å². The maximum absolute atomic E-state index is 12.4. The summed E-state index contributed by atoms with van der Waals surface area (Å²) in [5, 5.41) is 7.45. The quantitative estimate of drug-likeness (QED) is 0.817. The molecular formula is C19H25N3O3. The van der Waals surface area contributed by atoms with Crippen molar-refractivity contribution in [3.63, 3.8) is 0 Å². The molecular weight excluding hydrogens is 318 g/mol. The molecule has 134 valence electrons. The van der Waals surface area contributed by atoms with Gasteiger partial charge in [0, 0.05) is 24.8 Å². The van der Waals surface area contributed by atoms with Gasteiger partial charge in [-0.2, -0.15) is 5.10 Å². The number of hydrogen-bond acceptors (Lipinski definition) is 4. The van der Waals surface area contributed by atoms with Crippen LogP contribution in [-0.2, 0) is 17.8 Å². The number of carbonyl (C=O) groups is 1. The lowest BCUT2D eigenvalue weighted by Gasteiger charge is -2.25. The number of rotatable bonds is 6. The second-order valence-electron chi connectivity index (χ2n) is 6.48. The Balaban J connectivity index is 1.46. The molecule has 1 atom stereocenters. The molecule has 6 heteroatoms. The molecule has 0 spiro atoms. The minimum atomic E-state index is -0.144. The lowest BCUT2D eigenvalue weighted by atomic mass is 9.96. The maximum Gasteiger partial charge on any atom is 0.226 e. The van der Waals surface area contributed by atoms with Crippen LogP contribution in [-0.4, -0.2) is 35.9 Å². The number of nitrogens with one attached hydrogen (secondary N) is 1. The molecule has 0 fully saturated rings. The van der Waals surface area contributed by atoms with Gasteiger partial charge < -0.3 is 14.8 Å².